The second kappa shape index (κ2) is 7.09. The van der Waals surface area contributed by atoms with Crippen molar-refractivity contribution in [2.24, 2.45) is 10.2 Å². The topological polar surface area (TPSA) is 51.0 Å². The molecular weight excluding hydrogens is 271 g/mol. The van der Waals surface area contributed by atoms with Gasteiger partial charge in [0.25, 0.3) is 0 Å². The van der Waals surface area contributed by atoms with E-state index in [0.29, 0.717) is 5.75 Å². The van der Waals surface area contributed by atoms with Crippen molar-refractivity contribution in [1.29, 1.82) is 0 Å². The van der Waals surface area contributed by atoms with Crippen LogP contribution in [0.5, 0.6) is 5.75 Å². The van der Waals surface area contributed by atoms with Crippen LogP contribution in [0.4, 0.5) is 4.39 Å². The number of benzene rings is 2. The van der Waals surface area contributed by atoms with Crippen molar-refractivity contribution in [3.05, 3.63) is 65.5 Å². The van der Waals surface area contributed by atoms with Gasteiger partial charge in [-0.05, 0) is 47.5 Å². The Morgan fingerprint density at radius 2 is 1.43 bits per heavy atom. The highest BCUT2D eigenvalue weighted by atomic mass is 19.1. The van der Waals surface area contributed by atoms with Crippen LogP contribution in [0.2, 0.25) is 0 Å². The summed E-state index contributed by atoms with van der Waals surface area (Å²) in [6.45, 7) is 1.35. The average molecular weight is 284 g/mol. The van der Waals surface area contributed by atoms with E-state index in [-0.39, 0.29) is 11.8 Å². The van der Waals surface area contributed by atoms with Gasteiger partial charge >= 0.3 is 5.97 Å². The van der Waals surface area contributed by atoms with Gasteiger partial charge < -0.3 is 4.74 Å². The Hall–Kier alpha value is -2.82. The second-order valence-corrected chi connectivity index (χ2v) is 4.20. The van der Waals surface area contributed by atoms with Crippen LogP contribution in [0.25, 0.3) is 0 Å². The monoisotopic (exact) mass is 284 g/mol. The van der Waals surface area contributed by atoms with E-state index in [1.165, 1.54) is 25.3 Å². The summed E-state index contributed by atoms with van der Waals surface area (Å²) in [6, 6.07) is 12.8. The molecule has 0 radical (unpaired) electrons. The van der Waals surface area contributed by atoms with Crippen LogP contribution in [0, 0.1) is 5.82 Å². The minimum absolute atomic E-state index is 0.288. The number of carbonyl (C=O) groups excluding carboxylic acids is 1. The maximum absolute atomic E-state index is 12.7. The van der Waals surface area contributed by atoms with Crippen molar-refractivity contribution in [2.45, 2.75) is 6.92 Å². The molecule has 21 heavy (non-hydrogen) atoms. The Morgan fingerprint density at radius 1 is 0.952 bits per heavy atom. The Balaban J connectivity index is 1.94. The molecule has 5 heteroatoms. The third-order valence-electron chi connectivity index (χ3n) is 2.49. The van der Waals surface area contributed by atoms with Gasteiger partial charge in [0.1, 0.15) is 11.6 Å². The number of rotatable bonds is 4. The fourth-order valence-corrected chi connectivity index (χ4v) is 1.54. The highest BCUT2D eigenvalue weighted by molar-refractivity contribution is 5.82. The van der Waals surface area contributed by atoms with Gasteiger partial charge in [-0.15, -0.1) is 0 Å². The van der Waals surface area contributed by atoms with E-state index < -0.39 is 0 Å². The van der Waals surface area contributed by atoms with Crippen molar-refractivity contribution in [3.8, 4) is 5.75 Å². The Kier molecular flexibility index (Phi) is 4.93. The highest BCUT2D eigenvalue weighted by Gasteiger charge is 1.96. The molecule has 0 unspecified atom stereocenters. The summed E-state index contributed by atoms with van der Waals surface area (Å²) in [7, 11) is 0. The third kappa shape index (κ3) is 4.99. The van der Waals surface area contributed by atoms with Crippen LogP contribution in [-0.2, 0) is 4.79 Å². The molecule has 0 atom stereocenters. The molecule has 0 N–H and O–H groups in total. The molecule has 0 bridgehead atoms. The zero-order valence-electron chi connectivity index (χ0n) is 11.4. The van der Waals surface area contributed by atoms with E-state index in [1.807, 2.05) is 0 Å². The summed E-state index contributed by atoms with van der Waals surface area (Å²) in [5.74, 6) is -0.168. The summed E-state index contributed by atoms with van der Waals surface area (Å²) in [5.41, 5.74) is 1.58. The minimum Gasteiger partial charge on any atom is -0.427 e. The maximum Gasteiger partial charge on any atom is 0.308 e. The van der Waals surface area contributed by atoms with E-state index in [1.54, 1.807) is 42.6 Å². The molecule has 0 aliphatic heterocycles. The largest absolute Gasteiger partial charge is 0.427 e. The summed E-state index contributed by atoms with van der Waals surface area (Å²) in [6.07, 6.45) is 3.10. The first kappa shape index (κ1) is 14.6. The first-order valence-corrected chi connectivity index (χ1v) is 6.24. The first-order valence-electron chi connectivity index (χ1n) is 6.24. The molecule has 0 aromatic heterocycles. The molecule has 2 aromatic rings. The molecule has 106 valence electrons. The summed E-state index contributed by atoms with van der Waals surface area (Å²) >= 11 is 0. The van der Waals surface area contributed by atoms with Crippen molar-refractivity contribution < 1.29 is 13.9 Å². The Morgan fingerprint density at radius 3 is 1.90 bits per heavy atom. The molecule has 0 saturated heterocycles. The van der Waals surface area contributed by atoms with E-state index in [9.17, 15) is 9.18 Å². The van der Waals surface area contributed by atoms with Gasteiger partial charge in [-0.25, -0.2) is 4.39 Å². The lowest BCUT2D eigenvalue weighted by molar-refractivity contribution is -0.131. The molecule has 0 aliphatic carbocycles. The van der Waals surface area contributed by atoms with Crippen LogP contribution in [0.15, 0.2) is 58.7 Å². The number of hydrogen-bond acceptors (Lipinski definition) is 4. The van der Waals surface area contributed by atoms with Gasteiger partial charge in [-0.3, -0.25) is 4.79 Å². The zero-order chi connectivity index (χ0) is 15.1. The summed E-state index contributed by atoms with van der Waals surface area (Å²) in [4.78, 5) is 10.8. The second-order valence-electron chi connectivity index (χ2n) is 4.20. The van der Waals surface area contributed by atoms with Gasteiger partial charge in [-0.2, -0.15) is 10.2 Å². The number of carbonyl (C=O) groups is 1. The number of halogens is 1. The number of nitrogens with zero attached hydrogens (tertiary/aromatic N) is 2. The van der Waals surface area contributed by atoms with Gasteiger partial charge in [0, 0.05) is 6.92 Å². The SMILES string of the molecule is CC(=O)Oc1ccc(/C=N/N=C/c2ccc(F)cc2)cc1. The molecule has 0 spiro atoms. The lowest BCUT2D eigenvalue weighted by Crippen LogP contribution is -2.00. The van der Waals surface area contributed by atoms with Crippen molar-refractivity contribution in [2.75, 3.05) is 0 Å². The average Bonchev–Trinajstić information content (AvgIpc) is 2.46. The third-order valence-corrected chi connectivity index (χ3v) is 2.49. The lowest BCUT2D eigenvalue weighted by Gasteiger charge is -2.00. The van der Waals surface area contributed by atoms with Crippen molar-refractivity contribution >= 4 is 18.4 Å². The lowest BCUT2D eigenvalue weighted by atomic mass is 10.2. The summed E-state index contributed by atoms with van der Waals surface area (Å²) < 4.78 is 17.6. The Labute approximate surface area is 121 Å². The number of ether oxygens (including phenoxy) is 1. The van der Waals surface area contributed by atoms with Gasteiger partial charge in [-0.1, -0.05) is 12.1 Å². The van der Waals surface area contributed by atoms with E-state index in [4.69, 9.17) is 4.74 Å². The molecule has 2 aromatic carbocycles. The van der Waals surface area contributed by atoms with Gasteiger partial charge in [0.15, 0.2) is 0 Å². The molecule has 0 aliphatic rings. The molecule has 2 rings (SSSR count). The molecular formula is C16H13FN2O2. The predicted octanol–water partition coefficient (Wildman–Crippen LogP) is 3.20. The summed E-state index contributed by atoms with van der Waals surface area (Å²) in [5, 5.41) is 7.77. The van der Waals surface area contributed by atoms with E-state index in [0.717, 1.165) is 11.1 Å². The molecule has 0 amide bonds. The Bertz CT molecular complexity index is 662. The van der Waals surface area contributed by atoms with Crippen LogP contribution in [-0.4, -0.2) is 18.4 Å². The molecule has 0 saturated carbocycles. The highest BCUT2D eigenvalue weighted by Crippen LogP contribution is 2.11. The fraction of sp³-hybridized carbons (Fsp3) is 0.0625. The fourth-order valence-electron chi connectivity index (χ4n) is 1.54. The first-order chi connectivity index (χ1) is 10.1. The maximum atomic E-state index is 12.7. The van der Waals surface area contributed by atoms with Gasteiger partial charge in [0.05, 0.1) is 12.4 Å². The molecule has 0 fully saturated rings. The molecule has 4 nitrogen and oxygen atoms in total. The van der Waals surface area contributed by atoms with Crippen LogP contribution in [0.1, 0.15) is 18.1 Å². The quantitative estimate of drug-likeness (QED) is 0.374. The molecule has 0 heterocycles. The van der Waals surface area contributed by atoms with Crippen LogP contribution >= 0.6 is 0 Å². The zero-order valence-corrected chi connectivity index (χ0v) is 11.4. The van der Waals surface area contributed by atoms with Crippen LogP contribution < -0.4 is 4.74 Å². The van der Waals surface area contributed by atoms with Crippen molar-refractivity contribution in [1.82, 2.24) is 0 Å². The van der Waals surface area contributed by atoms with Crippen molar-refractivity contribution in [3.63, 3.8) is 0 Å². The smallest absolute Gasteiger partial charge is 0.308 e. The standard InChI is InChI=1S/C16H13FN2O2/c1-12(20)21-16-8-4-14(5-9-16)11-19-18-10-13-2-6-15(17)7-3-13/h2-11H,1H3/b18-10+,19-11+. The minimum atomic E-state index is -0.361. The van der Waals surface area contributed by atoms with Crippen LogP contribution in [0.3, 0.4) is 0 Å². The predicted molar refractivity (Wildman–Crippen MR) is 79.3 cm³/mol. The van der Waals surface area contributed by atoms with E-state index >= 15 is 0 Å². The number of hydrogen-bond donors (Lipinski definition) is 0. The van der Waals surface area contributed by atoms with Gasteiger partial charge in [0.2, 0.25) is 0 Å². The normalized spacial score (nSPS) is 11.1. The number of esters is 1. The van der Waals surface area contributed by atoms with E-state index in [2.05, 4.69) is 10.2 Å².